The van der Waals surface area contributed by atoms with E-state index in [1.54, 1.807) is 20.8 Å². The van der Waals surface area contributed by atoms with Crippen molar-refractivity contribution in [3.05, 3.63) is 29.8 Å². The van der Waals surface area contributed by atoms with E-state index in [1.165, 1.54) is 12.1 Å². The van der Waals surface area contributed by atoms with Crippen LogP contribution in [0.4, 0.5) is 17.7 Å². The maximum Gasteiger partial charge on any atom is 1.00 e. The number of hydrogen-bond acceptors (Lipinski definition) is 2. The van der Waals surface area contributed by atoms with Gasteiger partial charge in [-0.25, -0.2) is 4.79 Å². The number of rotatable bonds is 4. The minimum Gasteiger partial charge on any atom is -0.445 e. The molecule has 0 radical (unpaired) electrons. The van der Waals surface area contributed by atoms with Crippen LogP contribution >= 0.6 is 0 Å². The Morgan fingerprint density at radius 2 is 1.71 bits per heavy atom. The van der Waals surface area contributed by atoms with Gasteiger partial charge in [-0.2, -0.15) is 0 Å². The van der Waals surface area contributed by atoms with Gasteiger partial charge in [-0.3, -0.25) is 0 Å². The summed E-state index contributed by atoms with van der Waals surface area (Å²) in [5, 5.41) is 2.55. The number of amides is 1. The first kappa shape index (κ1) is 21.0. The molecule has 0 unspecified atom stereocenters. The molecule has 0 aliphatic rings. The fourth-order valence-electron chi connectivity index (χ4n) is 1.53. The van der Waals surface area contributed by atoms with Crippen molar-refractivity contribution < 1.29 is 73.9 Å². The minimum atomic E-state index is -4.95. The molecule has 21 heavy (non-hydrogen) atoms. The Kier molecular flexibility index (Phi) is 8.56. The molecule has 0 fully saturated rings. The smallest absolute Gasteiger partial charge is 0.445 e. The standard InChI is InChI=1S/C13H18BF3NO2.K/c1-13(2,3)20-12(19)18-9-8-10-4-6-11(7-5-10)14(15,16)17;/h4-7H,8-9H2,1-3H3,(H,18,19);/q-1;+1. The molecule has 112 valence electrons. The molecule has 3 nitrogen and oxygen atoms in total. The zero-order valence-electron chi connectivity index (χ0n) is 12.8. The number of carbonyl (C=O) groups excluding carboxylic acids is 1. The van der Waals surface area contributed by atoms with Crippen LogP contribution in [0.1, 0.15) is 26.3 Å². The second-order valence-electron chi connectivity index (χ2n) is 5.50. The van der Waals surface area contributed by atoms with E-state index >= 15 is 0 Å². The molecule has 1 aromatic rings. The number of ether oxygens (including phenoxy) is 1. The normalized spacial score (nSPS) is 11.5. The number of nitrogens with one attached hydrogen (secondary N) is 1. The number of alkyl carbamates (subject to hydrolysis) is 1. The molecule has 1 aromatic carbocycles. The van der Waals surface area contributed by atoms with Gasteiger partial charge in [0.2, 0.25) is 0 Å². The molecule has 1 amide bonds. The minimum absolute atomic E-state index is 0. The van der Waals surface area contributed by atoms with Crippen LogP contribution in [0, 0.1) is 0 Å². The Morgan fingerprint density at radius 3 is 2.14 bits per heavy atom. The van der Waals surface area contributed by atoms with Crippen LogP contribution in [-0.2, 0) is 11.2 Å². The SMILES string of the molecule is CC(C)(C)OC(=O)NCCc1ccc([B-](F)(F)F)cc1.[K+]. The van der Waals surface area contributed by atoms with Crippen molar-refractivity contribution in [2.24, 2.45) is 0 Å². The monoisotopic (exact) mass is 327 g/mol. The van der Waals surface area contributed by atoms with Crippen molar-refractivity contribution >= 4 is 18.5 Å². The van der Waals surface area contributed by atoms with Crippen LogP contribution in [0.25, 0.3) is 0 Å². The molecular formula is C13H18BF3KNO2. The summed E-state index contributed by atoms with van der Waals surface area (Å²) in [6.07, 6.45) is -0.0857. The van der Waals surface area contributed by atoms with Gasteiger partial charge in [-0.05, 0) is 32.8 Å². The predicted molar refractivity (Wildman–Crippen MR) is 73.1 cm³/mol. The van der Waals surface area contributed by atoms with Crippen molar-refractivity contribution in [2.45, 2.75) is 32.8 Å². The average Bonchev–Trinajstić information content (AvgIpc) is 2.26. The molecule has 1 N–H and O–H groups in total. The third-order valence-electron chi connectivity index (χ3n) is 2.44. The van der Waals surface area contributed by atoms with Crippen LogP contribution < -0.4 is 62.2 Å². The van der Waals surface area contributed by atoms with Crippen LogP contribution in [0.2, 0.25) is 0 Å². The second kappa shape index (κ2) is 8.57. The van der Waals surface area contributed by atoms with Crippen LogP contribution in [0.15, 0.2) is 24.3 Å². The van der Waals surface area contributed by atoms with Gasteiger partial charge in [0.05, 0.1) is 0 Å². The second-order valence-corrected chi connectivity index (χ2v) is 5.50. The molecule has 1 rings (SSSR count). The Labute approximate surface area is 165 Å². The summed E-state index contributed by atoms with van der Waals surface area (Å²) < 4.78 is 42.3. The maximum absolute atomic E-state index is 12.4. The van der Waals surface area contributed by atoms with Gasteiger partial charge in [0.1, 0.15) is 5.60 Å². The van der Waals surface area contributed by atoms with Crippen molar-refractivity contribution in [3.63, 3.8) is 0 Å². The van der Waals surface area contributed by atoms with E-state index in [-0.39, 0.29) is 51.4 Å². The molecule has 0 saturated carbocycles. The van der Waals surface area contributed by atoms with Gasteiger partial charge in [0, 0.05) is 6.54 Å². The molecule has 0 heterocycles. The topological polar surface area (TPSA) is 38.3 Å². The van der Waals surface area contributed by atoms with E-state index in [4.69, 9.17) is 4.74 Å². The summed E-state index contributed by atoms with van der Waals surface area (Å²) in [5.74, 6) is 0. The van der Waals surface area contributed by atoms with E-state index < -0.39 is 24.1 Å². The number of carbonyl (C=O) groups is 1. The summed E-state index contributed by atoms with van der Waals surface area (Å²) in [6, 6.07) is 4.95. The summed E-state index contributed by atoms with van der Waals surface area (Å²) in [7, 11) is 0. The van der Waals surface area contributed by atoms with Crippen LogP contribution in [0.3, 0.4) is 0 Å². The van der Waals surface area contributed by atoms with Crippen molar-refractivity contribution in [1.82, 2.24) is 5.32 Å². The molecule has 0 bridgehead atoms. The van der Waals surface area contributed by atoms with E-state index in [0.717, 1.165) is 17.7 Å². The predicted octanol–water partition coefficient (Wildman–Crippen LogP) is -0.188. The zero-order chi connectivity index (χ0) is 15.4. The van der Waals surface area contributed by atoms with E-state index in [2.05, 4.69) is 5.32 Å². The number of hydrogen-bond donors (Lipinski definition) is 1. The van der Waals surface area contributed by atoms with Gasteiger partial charge < -0.3 is 23.0 Å². The quantitative estimate of drug-likeness (QED) is 0.779. The van der Waals surface area contributed by atoms with Gasteiger partial charge in [0.25, 0.3) is 0 Å². The van der Waals surface area contributed by atoms with Gasteiger partial charge in [-0.15, -0.1) is 5.46 Å². The zero-order valence-corrected chi connectivity index (χ0v) is 15.9. The molecular weight excluding hydrogens is 309 g/mol. The van der Waals surface area contributed by atoms with Crippen molar-refractivity contribution in [1.29, 1.82) is 0 Å². The van der Waals surface area contributed by atoms with Crippen molar-refractivity contribution in [2.75, 3.05) is 6.54 Å². The fraction of sp³-hybridized carbons (Fsp3) is 0.462. The first-order chi connectivity index (χ1) is 9.08. The first-order valence-electron chi connectivity index (χ1n) is 6.33. The van der Waals surface area contributed by atoms with Crippen molar-refractivity contribution in [3.8, 4) is 0 Å². The summed E-state index contributed by atoms with van der Waals surface area (Å²) >= 11 is 0. The maximum atomic E-state index is 12.4. The number of halogens is 3. The van der Waals surface area contributed by atoms with Crippen LogP contribution in [0.5, 0.6) is 0 Å². The third kappa shape index (κ3) is 8.87. The van der Waals surface area contributed by atoms with E-state index in [0.29, 0.717) is 13.0 Å². The van der Waals surface area contributed by atoms with Gasteiger partial charge >= 0.3 is 64.5 Å². The Hall–Kier alpha value is -0.0187. The van der Waals surface area contributed by atoms with Gasteiger partial charge in [-0.1, -0.05) is 24.3 Å². The summed E-state index contributed by atoms with van der Waals surface area (Å²) in [6.45, 7) is 0.619. The molecule has 0 aromatic heterocycles. The average molecular weight is 327 g/mol. The Morgan fingerprint density at radius 1 is 1.19 bits per heavy atom. The molecule has 8 heteroatoms. The largest absolute Gasteiger partial charge is 1.00 e. The molecule has 0 spiro atoms. The summed E-state index contributed by atoms with van der Waals surface area (Å²) in [5.41, 5.74) is -0.459. The van der Waals surface area contributed by atoms with Crippen LogP contribution in [-0.4, -0.2) is 25.2 Å². The molecule has 0 aliphatic carbocycles. The van der Waals surface area contributed by atoms with E-state index in [9.17, 15) is 17.7 Å². The Balaban J connectivity index is 0.00000400. The molecule has 0 aliphatic heterocycles. The summed E-state index contributed by atoms with van der Waals surface area (Å²) in [4.78, 5) is 11.4. The third-order valence-corrected chi connectivity index (χ3v) is 2.44. The fourth-order valence-corrected chi connectivity index (χ4v) is 1.53. The molecule has 0 saturated heterocycles. The Bertz CT molecular complexity index is 458. The van der Waals surface area contributed by atoms with E-state index in [1.807, 2.05) is 0 Å². The molecule has 0 atom stereocenters. The first-order valence-corrected chi connectivity index (χ1v) is 6.33. The number of benzene rings is 1. The van der Waals surface area contributed by atoms with Gasteiger partial charge in [0.15, 0.2) is 0 Å².